The van der Waals surface area contributed by atoms with Crippen molar-refractivity contribution in [2.24, 2.45) is 0 Å². The number of nitrogens with zero attached hydrogens (tertiary/aromatic N) is 3. The van der Waals surface area contributed by atoms with Gasteiger partial charge in [-0.25, -0.2) is 4.39 Å². The summed E-state index contributed by atoms with van der Waals surface area (Å²) >= 11 is 2.75. The van der Waals surface area contributed by atoms with Gasteiger partial charge >= 0.3 is 5.97 Å². The van der Waals surface area contributed by atoms with Crippen LogP contribution < -0.4 is 4.90 Å². The van der Waals surface area contributed by atoms with Crippen molar-refractivity contribution >= 4 is 41.3 Å². The molecule has 1 saturated heterocycles. The molecule has 3 heterocycles. The van der Waals surface area contributed by atoms with Crippen LogP contribution >= 0.6 is 23.5 Å². The highest BCUT2D eigenvalue weighted by Gasteiger charge is 2.39. The minimum Gasteiger partial charge on any atom is -0.468 e. The molecule has 2 aliphatic rings. The molecule has 1 N–H and O–H groups in total. The predicted molar refractivity (Wildman–Crippen MR) is 112 cm³/mol. The fraction of sp³-hybridized carbons (Fsp3) is 0.200. The monoisotopic (exact) mass is 431 g/mol. The Morgan fingerprint density at radius 3 is 2.76 bits per heavy atom. The van der Waals surface area contributed by atoms with E-state index in [1.165, 1.54) is 36.7 Å². The van der Waals surface area contributed by atoms with E-state index in [0.29, 0.717) is 15.6 Å². The first-order chi connectivity index (χ1) is 14.0. The van der Waals surface area contributed by atoms with Crippen LogP contribution in [0.15, 0.2) is 62.6 Å². The molecule has 0 saturated carbocycles. The molecular formula is C20H18FN3O3S2. The molecule has 150 valence electrons. The summed E-state index contributed by atoms with van der Waals surface area (Å²) in [6.45, 7) is -0.103. The average molecular weight is 432 g/mol. The molecule has 0 amide bonds. The Kier molecular flexibility index (Phi) is 5.53. The number of pyridine rings is 1. The topological polar surface area (TPSA) is 65.9 Å². The second kappa shape index (κ2) is 8.10. The molecule has 1 unspecified atom stereocenters. The first-order valence-electron chi connectivity index (χ1n) is 8.75. The summed E-state index contributed by atoms with van der Waals surface area (Å²) in [6.07, 6.45) is 4.17. The lowest BCUT2D eigenvalue weighted by Gasteiger charge is -2.23. The molecule has 6 nitrogen and oxygen atoms in total. The largest absolute Gasteiger partial charge is 0.468 e. The molecule has 0 spiro atoms. The number of thioether (sulfide) groups is 2. The first-order valence-corrected chi connectivity index (χ1v) is 10.4. The molecule has 4 rings (SSSR count). The van der Waals surface area contributed by atoms with Crippen LogP contribution in [0.4, 0.5) is 10.1 Å². The molecule has 1 aromatic heterocycles. The van der Waals surface area contributed by atoms with E-state index in [-0.39, 0.29) is 12.4 Å². The van der Waals surface area contributed by atoms with Crippen LogP contribution in [0, 0.1) is 5.82 Å². The van der Waals surface area contributed by atoms with Gasteiger partial charge in [0.25, 0.3) is 0 Å². The minimum atomic E-state index is -1.05. The highest BCUT2D eigenvalue weighted by atomic mass is 32.2. The smallest absolute Gasteiger partial charge is 0.325 e. The second-order valence-electron chi connectivity index (χ2n) is 6.36. The van der Waals surface area contributed by atoms with E-state index in [1.807, 2.05) is 24.3 Å². The number of carbonyl (C=O) groups excluding carboxylic acids is 1. The molecule has 9 heteroatoms. The maximum absolute atomic E-state index is 14.3. The van der Waals surface area contributed by atoms with Gasteiger partial charge in [0.1, 0.15) is 12.4 Å². The van der Waals surface area contributed by atoms with Gasteiger partial charge < -0.3 is 19.6 Å². The van der Waals surface area contributed by atoms with Crippen LogP contribution in [0.2, 0.25) is 0 Å². The van der Waals surface area contributed by atoms with Crippen molar-refractivity contribution in [1.82, 2.24) is 9.88 Å². The Labute approximate surface area is 176 Å². The van der Waals surface area contributed by atoms with Gasteiger partial charge in [0, 0.05) is 24.3 Å². The van der Waals surface area contributed by atoms with Gasteiger partial charge in [0.05, 0.1) is 27.8 Å². The number of rotatable bonds is 3. The van der Waals surface area contributed by atoms with Crippen molar-refractivity contribution in [3.8, 4) is 0 Å². The number of para-hydroxylation sites is 1. The Bertz CT molecular complexity index is 1010. The highest BCUT2D eigenvalue weighted by molar-refractivity contribution is 8.09. The SMILES string of the molecule is COC(=O)CN1/C(=C/c2ccncc2)S/C(=C2/Sc3cccc(F)c3N2C)C1O. The molecule has 2 aliphatic heterocycles. The van der Waals surface area contributed by atoms with Crippen LogP contribution in [-0.4, -0.2) is 47.9 Å². The summed E-state index contributed by atoms with van der Waals surface area (Å²) in [4.78, 5) is 20.7. The van der Waals surface area contributed by atoms with Crippen LogP contribution in [0.1, 0.15) is 5.56 Å². The number of aromatic nitrogens is 1. The summed E-state index contributed by atoms with van der Waals surface area (Å²) in [7, 11) is 3.08. The van der Waals surface area contributed by atoms with Gasteiger partial charge in [0.2, 0.25) is 0 Å². The number of methoxy groups -OCH3 is 1. The van der Waals surface area contributed by atoms with Crippen molar-refractivity contribution in [3.63, 3.8) is 0 Å². The third-order valence-corrected chi connectivity index (χ3v) is 7.11. The summed E-state index contributed by atoms with van der Waals surface area (Å²) in [5.74, 6) is -0.775. The van der Waals surface area contributed by atoms with E-state index in [2.05, 4.69) is 4.98 Å². The molecule has 29 heavy (non-hydrogen) atoms. The van der Waals surface area contributed by atoms with Gasteiger partial charge in [-0.2, -0.15) is 0 Å². The number of aliphatic hydroxyl groups excluding tert-OH is 1. The maximum atomic E-state index is 14.3. The van der Waals surface area contributed by atoms with Gasteiger partial charge in [-0.3, -0.25) is 9.78 Å². The van der Waals surface area contributed by atoms with Crippen LogP contribution in [0.5, 0.6) is 0 Å². The number of halogens is 1. The lowest BCUT2D eigenvalue weighted by molar-refractivity contribution is -0.142. The number of aliphatic hydroxyl groups is 1. The zero-order valence-electron chi connectivity index (χ0n) is 15.7. The predicted octanol–water partition coefficient (Wildman–Crippen LogP) is 3.47. The van der Waals surface area contributed by atoms with Crippen molar-refractivity contribution in [2.45, 2.75) is 11.1 Å². The van der Waals surface area contributed by atoms with Crippen molar-refractivity contribution in [2.75, 3.05) is 25.6 Å². The van der Waals surface area contributed by atoms with Crippen molar-refractivity contribution in [1.29, 1.82) is 0 Å². The molecule has 2 aromatic rings. The van der Waals surface area contributed by atoms with Crippen molar-refractivity contribution in [3.05, 3.63) is 69.1 Å². The molecule has 0 radical (unpaired) electrons. The Balaban J connectivity index is 1.74. The number of esters is 1. The van der Waals surface area contributed by atoms with E-state index in [9.17, 15) is 14.3 Å². The van der Waals surface area contributed by atoms with E-state index in [1.54, 1.807) is 35.3 Å². The zero-order valence-corrected chi connectivity index (χ0v) is 17.3. The third kappa shape index (κ3) is 3.73. The van der Waals surface area contributed by atoms with E-state index in [0.717, 1.165) is 15.5 Å². The molecule has 1 fully saturated rings. The highest BCUT2D eigenvalue weighted by Crippen LogP contribution is 2.53. The number of anilines is 1. The van der Waals surface area contributed by atoms with Gasteiger partial charge in [-0.05, 0) is 35.9 Å². The van der Waals surface area contributed by atoms with Gasteiger partial charge in [-0.15, -0.1) is 0 Å². The number of ether oxygens (including phenoxy) is 1. The van der Waals surface area contributed by atoms with Gasteiger partial charge in [-0.1, -0.05) is 29.6 Å². The number of fused-ring (bicyclic) bond motifs is 1. The average Bonchev–Trinajstić information content (AvgIpc) is 3.21. The molecule has 1 aromatic carbocycles. The summed E-state index contributed by atoms with van der Waals surface area (Å²) in [5, 5.41) is 12.4. The number of hydrogen-bond acceptors (Lipinski definition) is 8. The number of hydrogen-bond donors (Lipinski definition) is 1. The van der Waals surface area contributed by atoms with Crippen LogP contribution in [0.25, 0.3) is 6.08 Å². The number of carbonyl (C=O) groups is 1. The molecule has 0 bridgehead atoms. The van der Waals surface area contributed by atoms with E-state index < -0.39 is 12.2 Å². The van der Waals surface area contributed by atoms with Crippen LogP contribution in [-0.2, 0) is 9.53 Å². The fourth-order valence-electron chi connectivity index (χ4n) is 3.12. The van der Waals surface area contributed by atoms with Crippen LogP contribution in [0.3, 0.4) is 0 Å². The molecular weight excluding hydrogens is 413 g/mol. The minimum absolute atomic E-state index is 0.103. The molecule has 1 atom stereocenters. The summed E-state index contributed by atoms with van der Waals surface area (Å²) in [6, 6.07) is 8.60. The number of benzene rings is 1. The van der Waals surface area contributed by atoms with Gasteiger partial charge in [0.15, 0.2) is 6.23 Å². The second-order valence-corrected chi connectivity index (χ2v) is 8.45. The lowest BCUT2D eigenvalue weighted by Crippen LogP contribution is -2.34. The Hall–Kier alpha value is -2.49. The third-order valence-electron chi connectivity index (χ3n) is 4.56. The summed E-state index contributed by atoms with van der Waals surface area (Å²) in [5.41, 5.74) is 1.37. The molecule has 0 aliphatic carbocycles. The first kappa shape index (κ1) is 19.8. The standard InChI is InChI=1S/C20H18FN3O3S2/c1-23-17-13(21)4-3-5-14(17)28-20(23)18-19(26)24(11-16(25)27-2)15(29-18)10-12-6-8-22-9-7-12/h3-10,19,26H,11H2,1-2H3/b15-10-,20-18+. The van der Waals surface area contributed by atoms with E-state index in [4.69, 9.17) is 4.74 Å². The lowest BCUT2D eigenvalue weighted by atomic mass is 10.2. The normalized spacial score (nSPS) is 22.3. The fourth-order valence-corrected chi connectivity index (χ4v) is 5.65. The Morgan fingerprint density at radius 1 is 1.31 bits per heavy atom. The quantitative estimate of drug-likeness (QED) is 0.742. The van der Waals surface area contributed by atoms with E-state index >= 15 is 0 Å². The summed E-state index contributed by atoms with van der Waals surface area (Å²) < 4.78 is 19.1. The van der Waals surface area contributed by atoms with Crippen molar-refractivity contribution < 1.29 is 19.0 Å². The Morgan fingerprint density at radius 2 is 2.07 bits per heavy atom. The maximum Gasteiger partial charge on any atom is 0.325 e. The zero-order chi connectivity index (χ0) is 20.5.